The van der Waals surface area contributed by atoms with Crippen molar-refractivity contribution in [1.29, 1.82) is 0 Å². The Labute approximate surface area is 233 Å². The second-order valence-electron chi connectivity index (χ2n) is 8.82. The van der Waals surface area contributed by atoms with Crippen molar-refractivity contribution in [3.8, 4) is 0 Å². The number of benzene rings is 3. The number of carbonyl (C=O) groups is 4. The minimum atomic E-state index is -0.792. The standard InChI is InChI=1S/C30H34N4O6/c1-3-11-27(35)33(31-29(37)39-21-23-13-7-5-8-14-23)25-17-19-26(20-18-25)34(28(36)12-4-2)32-30(38)40-22-24-15-9-6-10-16-24/h5-10,13-20H,3-4,11-12,21-22H2,1-2H3,(H,31,37)(H,32,38). The lowest BCUT2D eigenvalue weighted by Crippen LogP contribution is -2.47. The zero-order chi connectivity index (χ0) is 28.7. The van der Waals surface area contributed by atoms with Gasteiger partial charge < -0.3 is 9.47 Å². The Balaban J connectivity index is 1.71. The molecule has 0 bridgehead atoms. The lowest BCUT2D eigenvalue weighted by Gasteiger charge is -2.25. The first-order valence-corrected chi connectivity index (χ1v) is 13.1. The van der Waals surface area contributed by atoms with E-state index in [0.717, 1.165) is 21.1 Å². The maximum atomic E-state index is 12.8. The number of nitrogens with zero attached hydrogens (tertiary/aromatic N) is 2. The molecule has 0 aliphatic heterocycles. The molecule has 3 rings (SSSR count). The summed E-state index contributed by atoms with van der Waals surface area (Å²) in [5, 5.41) is 2.22. The summed E-state index contributed by atoms with van der Waals surface area (Å²) in [7, 11) is 0. The second-order valence-corrected chi connectivity index (χ2v) is 8.82. The molecule has 0 heterocycles. The van der Waals surface area contributed by atoms with E-state index < -0.39 is 12.2 Å². The minimum Gasteiger partial charge on any atom is -0.443 e. The van der Waals surface area contributed by atoms with E-state index >= 15 is 0 Å². The molecule has 0 spiro atoms. The molecule has 10 heteroatoms. The van der Waals surface area contributed by atoms with Crippen molar-refractivity contribution in [2.45, 2.75) is 52.7 Å². The van der Waals surface area contributed by atoms with Gasteiger partial charge >= 0.3 is 12.2 Å². The molecular weight excluding hydrogens is 512 g/mol. The summed E-state index contributed by atoms with van der Waals surface area (Å²) in [6.45, 7) is 3.79. The number of rotatable bonds is 10. The van der Waals surface area contributed by atoms with Crippen molar-refractivity contribution in [1.82, 2.24) is 10.9 Å². The summed E-state index contributed by atoms with van der Waals surface area (Å²) < 4.78 is 10.5. The van der Waals surface area contributed by atoms with Gasteiger partial charge in [-0.1, -0.05) is 74.5 Å². The van der Waals surface area contributed by atoms with Crippen LogP contribution in [0.15, 0.2) is 84.9 Å². The van der Waals surface area contributed by atoms with Crippen LogP contribution in [-0.2, 0) is 32.3 Å². The zero-order valence-corrected chi connectivity index (χ0v) is 22.7. The summed E-state index contributed by atoms with van der Waals surface area (Å²) >= 11 is 0. The van der Waals surface area contributed by atoms with Crippen molar-refractivity contribution >= 4 is 35.4 Å². The SMILES string of the molecule is CCCC(=O)N(NC(=O)OCc1ccccc1)c1ccc(N(NC(=O)OCc2ccccc2)C(=O)CCC)cc1. The van der Waals surface area contributed by atoms with Crippen molar-refractivity contribution in [2.75, 3.05) is 10.0 Å². The lowest BCUT2D eigenvalue weighted by atomic mass is 10.2. The number of ether oxygens (including phenoxy) is 2. The number of hydrogen-bond donors (Lipinski definition) is 2. The van der Waals surface area contributed by atoms with E-state index in [1.165, 1.54) is 0 Å². The molecule has 10 nitrogen and oxygen atoms in total. The molecule has 3 aromatic rings. The molecule has 40 heavy (non-hydrogen) atoms. The van der Waals surface area contributed by atoms with Gasteiger partial charge in [0.25, 0.3) is 0 Å². The largest absolute Gasteiger partial charge is 0.443 e. The number of carbonyl (C=O) groups excluding carboxylic acids is 4. The van der Waals surface area contributed by atoms with Crippen LogP contribution in [-0.4, -0.2) is 24.0 Å². The first-order valence-electron chi connectivity index (χ1n) is 13.1. The molecule has 0 saturated carbocycles. The number of nitrogens with one attached hydrogen (secondary N) is 2. The Bertz CT molecular complexity index is 1150. The monoisotopic (exact) mass is 546 g/mol. The summed E-state index contributed by atoms with van der Waals surface area (Å²) in [4.78, 5) is 50.6. The fraction of sp³-hybridized carbons (Fsp3) is 0.267. The normalized spacial score (nSPS) is 10.2. The first kappa shape index (κ1) is 29.7. The van der Waals surface area contributed by atoms with Crippen LogP contribution in [0.1, 0.15) is 50.7 Å². The van der Waals surface area contributed by atoms with Gasteiger partial charge in [-0.25, -0.2) is 30.5 Å². The number of anilines is 2. The maximum Gasteiger partial charge on any atom is 0.426 e. The Hall–Kier alpha value is -4.86. The molecule has 0 aliphatic carbocycles. The van der Waals surface area contributed by atoms with Crippen LogP contribution in [0.2, 0.25) is 0 Å². The number of hydrazine groups is 2. The van der Waals surface area contributed by atoms with Gasteiger partial charge in [-0.15, -0.1) is 0 Å². The van der Waals surface area contributed by atoms with Crippen molar-refractivity contribution in [2.24, 2.45) is 0 Å². The van der Waals surface area contributed by atoms with Gasteiger partial charge in [-0.2, -0.15) is 0 Å². The average Bonchev–Trinajstić information content (AvgIpc) is 2.98. The molecule has 0 unspecified atom stereocenters. The predicted molar refractivity (Wildman–Crippen MR) is 151 cm³/mol. The van der Waals surface area contributed by atoms with E-state index in [-0.39, 0.29) is 37.9 Å². The molecule has 0 fully saturated rings. The maximum absolute atomic E-state index is 12.8. The highest BCUT2D eigenvalue weighted by molar-refractivity contribution is 5.97. The minimum absolute atomic E-state index is 0.0436. The molecule has 0 aromatic heterocycles. The van der Waals surface area contributed by atoms with E-state index in [1.54, 1.807) is 24.3 Å². The summed E-state index contributed by atoms with van der Waals surface area (Å²) in [6.07, 6.45) is -0.0574. The third-order valence-electron chi connectivity index (χ3n) is 5.62. The molecule has 0 saturated heterocycles. The second kappa shape index (κ2) is 15.5. The molecule has 0 radical (unpaired) electrons. The molecule has 0 atom stereocenters. The Morgan fingerprint density at radius 3 is 1.25 bits per heavy atom. The topological polar surface area (TPSA) is 117 Å². The molecule has 2 N–H and O–H groups in total. The molecule has 210 valence electrons. The molecular formula is C30H34N4O6. The van der Waals surface area contributed by atoms with Crippen LogP contribution in [0, 0.1) is 0 Å². The highest BCUT2D eigenvalue weighted by atomic mass is 16.6. The van der Waals surface area contributed by atoms with E-state index in [2.05, 4.69) is 10.9 Å². The van der Waals surface area contributed by atoms with Crippen LogP contribution in [0.3, 0.4) is 0 Å². The van der Waals surface area contributed by atoms with Crippen LogP contribution < -0.4 is 20.9 Å². The Kier molecular flexibility index (Phi) is 11.5. The van der Waals surface area contributed by atoms with Gasteiger partial charge in [0.05, 0.1) is 11.4 Å². The quantitative estimate of drug-likeness (QED) is 0.318. The van der Waals surface area contributed by atoms with E-state index in [4.69, 9.17) is 9.47 Å². The van der Waals surface area contributed by atoms with Crippen LogP contribution in [0.25, 0.3) is 0 Å². The lowest BCUT2D eigenvalue weighted by molar-refractivity contribution is -0.120. The van der Waals surface area contributed by atoms with Gasteiger partial charge in [-0.05, 0) is 48.2 Å². The van der Waals surface area contributed by atoms with Gasteiger partial charge in [0.1, 0.15) is 13.2 Å². The summed E-state index contributed by atoms with van der Waals surface area (Å²) in [5.74, 6) is -0.679. The van der Waals surface area contributed by atoms with Crippen molar-refractivity contribution in [3.63, 3.8) is 0 Å². The Morgan fingerprint density at radius 1 is 0.575 bits per heavy atom. The van der Waals surface area contributed by atoms with Gasteiger partial charge in [0.2, 0.25) is 11.8 Å². The van der Waals surface area contributed by atoms with E-state index in [0.29, 0.717) is 24.2 Å². The van der Waals surface area contributed by atoms with Crippen LogP contribution in [0.5, 0.6) is 0 Å². The molecule has 4 amide bonds. The Morgan fingerprint density at radius 2 is 0.925 bits per heavy atom. The van der Waals surface area contributed by atoms with Gasteiger partial charge in [0.15, 0.2) is 0 Å². The first-order chi connectivity index (χ1) is 19.4. The third-order valence-corrected chi connectivity index (χ3v) is 5.62. The number of amides is 4. The van der Waals surface area contributed by atoms with Gasteiger partial charge in [0, 0.05) is 12.8 Å². The molecule has 0 aliphatic rings. The fourth-order valence-electron chi connectivity index (χ4n) is 3.64. The van der Waals surface area contributed by atoms with Crippen molar-refractivity contribution < 1.29 is 28.7 Å². The van der Waals surface area contributed by atoms with Gasteiger partial charge in [-0.3, -0.25) is 9.59 Å². The summed E-state index contributed by atoms with van der Waals surface area (Å²) in [5.41, 5.74) is 7.31. The third kappa shape index (κ3) is 9.16. The summed E-state index contributed by atoms with van der Waals surface area (Å²) in [6, 6.07) is 24.6. The molecule has 3 aromatic carbocycles. The van der Waals surface area contributed by atoms with Crippen LogP contribution in [0.4, 0.5) is 21.0 Å². The highest BCUT2D eigenvalue weighted by Crippen LogP contribution is 2.21. The van der Waals surface area contributed by atoms with Crippen molar-refractivity contribution in [3.05, 3.63) is 96.1 Å². The fourth-order valence-corrected chi connectivity index (χ4v) is 3.64. The van der Waals surface area contributed by atoms with E-state index in [9.17, 15) is 19.2 Å². The highest BCUT2D eigenvalue weighted by Gasteiger charge is 2.22. The average molecular weight is 547 g/mol. The predicted octanol–water partition coefficient (Wildman–Crippen LogP) is 5.64. The zero-order valence-electron chi connectivity index (χ0n) is 22.7. The number of hydrogen-bond acceptors (Lipinski definition) is 6. The smallest absolute Gasteiger partial charge is 0.426 e. The van der Waals surface area contributed by atoms with Crippen LogP contribution >= 0.6 is 0 Å². The van der Waals surface area contributed by atoms with E-state index in [1.807, 2.05) is 74.5 Å².